The number of amides is 6. The zero-order valence-electron chi connectivity index (χ0n) is 78.5. The number of ether oxygens (including phenoxy) is 21. The van der Waals surface area contributed by atoms with Crippen molar-refractivity contribution in [3.05, 3.63) is 0 Å². The van der Waals surface area contributed by atoms with Gasteiger partial charge in [-0.1, -0.05) is 0 Å². The second kappa shape index (κ2) is 52.5. The van der Waals surface area contributed by atoms with Gasteiger partial charge in [0.1, 0.15) is 262 Å². The van der Waals surface area contributed by atoms with E-state index < -0.39 is 464 Å². The Balaban J connectivity index is 1.03. The van der Waals surface area contributed by atoms with E-state index in [1.807, 2.05) is 0 Å². The molecule has 11 aliphatic heterocycles. The van der Waals surface area contributed by atoms with Crippen LogP contribution < -0.4 is 31.9 Å². The molecule has 56 atom stereocenters. The van der Waals surface area contributed by atoms with Crippen LogP contribution in [-0.4, -0.2) is 615 Å². The predicted octanol–water partition coefficient (Wildman–Crippen LogP) is -24.9. The number of carbonyl (C=O) groups excluding carboxylic acids is 6. The number of carboxylic acids is 1. The van der Waals surface area contributed by atoms with Crippen molar-refractivity contribution in [2.24, 2.45) is 0 Å². The topological polar surface area (TPSA) is 1010 Å². The van der Waals surface area contributed by atoms with Crippen molar-refractivity contribution in [1.82, 2.24) is 31.9 Å². The maximum absolute atomic E-state index is 13.8. The molecule has 6 amide bonds. The summed E-state index contributed by atoms with van der Waals surface area (Å²) in [7, 11) is 0. The van der Waals surface area contributed by atoms with Gasteiger partial charge in [-0.05, 0) is 0 Å². The summed E-state index contributed by atoms with van der Waals surface area (Å²) in [5.41, 5.74) is 0. The van der Waals surface area contributed by atoms with E-state index in [1.54, 1.807) is 0 Å². The highest BCUT2D eigenvalue weighted by Crippen LogP contribution is 2.44. The van der Waals surface area contributed by atoms with Crippen LogP contribution in [0.2, 0.25) is 0 Å². The highest BCUT2D eigenvalue weighted by molar-refractivity contribution is 5.77. The quantitative estimate of drug-likeness (QED) is 0.0271. The SMILES string of the molecule is CC(=O)N[C@H]1[C@H](O[C@H]2[C@H](O)[C@@H](NC(C)=O)C(O)O[C@@H]2CO)O[C@H](CO)[C@@H](O[C@@H]2O[C@H](CO[C@H]3O[C@H](CO)[C@@H](O)[C@H](O)[C@@H]3O[C@@H]3O[C@H](CO)[C@@H](O)[C@H](O)[C@H]3NC(C)=O)[C@@H](O)[C@H](O[C@H]3O[C@H](CO)[C@@H](O[C@@H]4O[C@H](CO[C@]5(C(=O)O)C[C@H](O)[C@@H](NC(C)=O)[C@H]([C@H](O)[C@H](O)CO)O5)[C@@H](O)[C@H](O[C@@H]5O[C@H](CO)[C@H](O)[C@H](O)[C@H]5O)[C@H]4NC(C)=O)[C@H](O)[C@@H]3O[C@@H]3O[C@H](CO)[C@@H](O[C@@H]4O[C@H](CO)[C@H](O)[C@H](O)[C@H]4O)[C@H](O)[C@H]3NC(C)=O)[C@@H]2O)[C@@H]1O. The average molecular weight is 2140 g/mol. The molecule has 37 N–H and O–H groups in total. The van der Waals surface area contributed by atoms with Crippen LogP contribution in [0.25, 0.3) is 0 Å². The third-order valence-electron chi connectivity index (χ3n) is 26.4. The molecule has 0 aromatic heterocycles. The van der Waals surface area contributed by atoms with Gasteiger partial charge >= 0.3 is 5.97 Å². The number of aliphatic hydroxyl groups excluding tert-OH is 30. The van der Waals surface area contributed by atoms with Gasteiger partial charge in [0.2, 0.25) is 35.4 Å². The van der Waals surface area contributed by atoms with E-state index in [0.29, 0.717) is 0 Å². The van der Waals surface area contributed by atoms with Crippen LogP contribution in [0, 0.1) is 0 Å². The molecule has 0 bridgehead atoms. The average Bonchev–Trinajstić information content (AvgIpc) is 0.812. The lowest BCUT2D eigenvalue weighted by Crippen LogP contribution is -2.72. The van der Waals surface area contributed by atoms with E-state index in [2.05, 4.69) is 31.9 Å². The van der Waals surface area contributed by atoms with Crippen LogP contribution in [0.1, 0.15) is 48.0 Å². The Hall–Kier alpha value is -5.75. The summed E-state index contributed by atoms with van der Waals surface area (Å²) < 4.78 is 127. The van der Waals surface area contributed by atoms with Gasteiger partial charge in [-0.25, -0.2) is 4.79 Å². The Morgan fingerprint density at radius 1 is 0.281 bits per heavy atom. The van der Waals surface area contributed by atoms with Crippen LogP contribution in [0.3, 0.4) is 0 Å². The van der Waals surface area contributed by atoms with Gasteiger partial charge < -0.3 is 290 Å². The molecule has 11 fully saturated rings. The molecule has 11 aliphatic rings. The fourth-order valence-electron chi connectivity index (χ4n) is 18.8. The smallest absolute Gasteiger partial charge is 0.364 e. The largest absolute Gasteiger partial charge is 0.477 e. The Labute approximate surface area is 825 Å². The number of nitrogens with one attached hydrogen (secondary N) is 6. The first-order chi connectivity index (χ1) is 68.9. The van der Waals surface area contributed by atoms with Gasteiger partial charge in [0.15, 0.2) is 62.9 Å². The van der Waals surface area contributed by atoms with Crippen molar-refractivity contribution in [3.8, 4) is 0 Å². The summed E-state index contributed by atoms with van der Waals surface area (Å²) in [5, 5.41) is 366. The molecule has 65 nitrogen and oxygen atoms in total. The molecule has 0 saturated carbocycles. The summed E-state index contributed by atoms with van der Waals surface area (Å²) in [4.78, 5) is 91.8. The van der Waals surface area contributed by atoms with E-state index in [9.17, 15) is 192 Å². The minimum Gasteiger partial charge on any atom is -0.477 e. The lowest BCUT2D eigenvalue weighted by molar-refractivity contribution is -0.407. The van der Waals surface area contributed by atoms with E-state index >= 15 is 0 Å². The number of carbonyl (C=O) groups is 7. The summed E-state index contributed by atoms with van der Waals surface area (Å²) in [5.74, 6) is -11.6. The Bertz CT molecular complexity index is 4160. The number of aliphatic hydroxyl groups is 30. The minimum atomic E-state index is -3.35. The van der Waals surface area contributed by atoms with E-state index in [0.717, 1.165) is 41.5 Å². The van der Waals surface area contributed by atoms with Crippen LogP contribution >= 0.6 is 0 Å². The van der Waals surface area contributed by atoms with Gasteiger partial charge in [0, 0.05) is 48.0 Å². The Kier molecular flexibility index (Phi) is 43.3. The standard InChI is InChI=1S/C81H134N6O59/c1-19(97)82-37-25(103)7-81(80(124)125,146-66(37)43(105)26(104)8-88)127-18-36-48(110)65(142-76-58(120)55(117)46(108)29(11-91)131-76)42(87-24(6)102)74(136-36)139-64-34(16-96)135-79(69(59(64)121)145-73-41(86-23(5)101)53(115)62(32(14-94)134-73)140-75-57(119)54(116)45(107)28(10-90)130-75)143-67-49(111)35(17-126-78-68(56(118)47(109)30(12-92)132-78)144-71-39(84-21(3)99)50(112)44(106)27(9-89)129-71)137-77(60(67)122)141-63-33(15-95)133-72(40(52(63)114)85-22(4)100)138-61-31(13-93)128-70(123)38(51(61)113)83-20(2)98/h25-79,88-96,103-123H,7-18H2,1-6H3,(H,82,97)(H,83,98)(H,84,99)(H,85,100)(H,86,101)(H,87,102)(H,124,125)/t25-,26+,27+,28+,29+,30+,31+,32+,33+,34+,35+,36+,37+,38+,39+,40+,41+,42+,43+,44+,45-,46-,47+,48+,49+,50+,51+,52+,53+,54-,55-,56-,57+,58+,59-,60-,61+,62+,63+,64+,65+,66+,67-,68-,69-,70?,71-,72-,73-,74-,75-,76-,77-,78-,79+,81+/m0/s1. The van der Waals surface area contributed by atoms with Gasteiger partial charge in [0.05, 0.1) is 84.8 Å². The highest BCUT2D eigenvalue weighted by Gasteiger charge is 2.65. The fraction of sp³-hybridized carbons (Fsp3) is 0.914. The zero-order valence-corrected chi connectivity index (χ0v) is 78.5. The monoisotopic (exact) mass is 2130 g/mol. The molecule has 842 valence electrons. The molecule has 0 aromatic carbocycles. The molecular formula is C81H134N6O59. The lowest BCUT2D eigenvalue weighted by atomic mass is 9.88. The molecule has 1 unspecified atom stereocenters. The molecule has 11 heterocycles. The molecule has 146 heavy (non-hydrogen) atoms. The normalized spacial score (nSPS) is 47.0. The number of hydrogen-bond acceptors (Lipinski definition) is 58. The Morgan fingerprint density at radius 3 is 1.02 bits per heavy atom. The minimum absolute atomic E-state index is 0.803. The maximum Gasteiger partial charge on any atom is 0.364 e. The Morgan fingerprint density at radius 2 is 0.582 bits per heavy atom. The predicted molar refractivity (Wildman–Crippen MR) is 449 cm³/mol. The van der Waals surface area contributed by atoms with Crippen molar-refractivity contribution in [2.75, 3.05) is 72.7 Å². The number of hydrogen-bond donors (Lipinski definition) is 37. The van der Waals surface area contributed by atoms with Crippen molar-refractivity contribution in [2.45, 2.75) is 391 Å². The molecule has 11 saturated heterocycles. The fourth-order valence-corrected chi connectivity index (χ4v) is 18.8. The molecule has 0 spiro atoms. The first-order valence-corrected chi connectivity index (χ1v) is 46.3. The van der Waals surface area contributed by atoms with Crippen LogP contribution in [0.4, 0.5) is 0 Å². The second-order valence-corrected chi connectivity index (χ2v) is 36.7. The lowest BCUT2D eigenvalue weighted by Gasteiger charge is -2.52. The highest BCUT2D eigenvalue weighted by atomic mass is 16.8. The van der Waals surface area contributed by atoms with Crippen LogP contribution in [-0.2, 0) is 133 Å². The molecule has 11 rings (SSSR count). The number of rotatable bonds is 40. The first-order valence-electron chi connectivity index (χ1n) is 46.3. The number of aliphatic carboxylic acids is 1. The van der Waals surface area contributed by atoms with Crippen molar-refractivity contribution in [3.63, 3.8) is 0 Å². The molecule has 0 aliphatic carbocycles. The number of carboxylic acid groups (broad SMARTS) is 1. The first kappa shape index (κ1) is 120. The molecule has 0 aromatic rings. The van der Waals surface area contributed by atoms with Crippen molar-refractivity contribution in [1.29, 1.82) is 0 Å². The maximum atomic E-state index is 13.8. The van der Waals surface area contributed by atoms with Gasteiger partial charge in [-0.2, -0.15) is 0 Å². The molecular weight excluding hydrogens is 2000 g/mol. The van der Waals surface area contributed by atoms with Gasteiger partial charge in [0.25, 0.3) is 5.79 Å². The summed E-state index contributed by atoms with van der Waals surface area (Å²) in [6, 6.07) is -12.0. The van der Waals surface area contributed by atoms with E-state index in [-0.39, 0.29) is 0 Å². The third-order valence-corrected chi connectivity index (χ3v) is 26.4. The van der Waals surface area contributed by atoms with Crippen molar-refractivity contribution < 1.29 is 291 Å². The van der Waals surface area contributed by atoms with E-state index in [4.69, 9.17) is 99.5 Å². The molecule has 65 heteroatoms. The molecule has 0 radical (unpaired) electrons. The summed E-state index contributed by atoms with van der Waals surface area (Å²) in [6.07, 6.45) is -114. The van der Waals surface area contributed by atoms with Crippen LogP contribution in [0.5, 0.6) is 0 Å². The second-order valence-electron chi connectivity index (χ2n) is 36.7. The summed E-state index contributed by atoms with van der Waals surface area (Å²) >= 11 is 0. The summed E-state index contributed by atoms with van der Waals surface area (Å²) in [6.45, 7) is -8.54. The van der Waals surface area contributed by atoms with Gasteiger partial charge in [-0.3, -0.25) is 28.8 Å². The third kappa shape index (κ3) is 26.9. The van der Waals surface area contributed by atoms with Gasteiger partial charge in [-0.15, -0.1) is 0 Å². The zero-order chi connectivity index (χ0) is 108. The van der Waals surface area contributed by atoms with Crippen LogP contribution in [0.15, 0.2) is 0 Å². The van der Waals surface area contributed by atoms with Crippen molar-refractivity contribution >= 4 is 41.4 Å². The van der Waals surface area contributed by atoms with E-state index in [1.165, 1.54) is 0 Å².